The first kappa shape index (κ1) is 5.50. The molecule has 0 unspecified atom stereocenters. The number of carboxylic acid groups (broad SMARTS) is 1. The maximum Gasteiger partial charge on any atom is 0.346 e. The van der Waals surface area contributed by atoms with E-state index < -0.39 is 11.6 Å². The van der Waals surface area contributed by atoms with E-state index in [9.17, 15) is 9.18 Å². The molecule has 0 spiro atoms. The number of aliphatic carboxylic acids is 1. The molecule has 1 saturated heterocycles. The van der Waals surface area contributed by atoms with Gasteiger partial charge < -0.3 is 9.84 Å². The number of hydrogen-bond donors (Lipinski definition) is 1. The minimum Gasteiger partial charge on any atom is -0.479 e. The summed E-state index contributed by atoms with van der Waals surface area (Å²) in [5.74, 6) is -1.43. The Morgan fingerprint density at radius 2 is 2.25 bits per heavy atom. The van der Waals surface area contributed by atoms with Crippen LogP contribution in [0.15, 0.2) is 0 Å². The van der Waals surface area contributed by atoms with Gasteiger partial charge in [0.2, 0.25) is 0 Å². The van der Waals surface area contributed by atoms with Crippen LogP contribution in [0.2, 0.25) is 0 Å². The maximum absolute atomic E-state index is 12.3. The normalized spacial score (nSPS) is 24.1. The van der Waals surface area contributed by atoms with Crippen molar-refractivity contribution in [3.63, 3.8) is 0 Å². The molecule has 0 aromatic heterocycles. The average molecular weight is 120 g/mol. The monoisotopic (exact) mass is 120 g/mol. The second-order valence-corrected chi connectivity index (χ2v) is 1.76. The molecule has 1 N–H and O–H groups in total. The Morgan fingerprint density at radius 1 is 1.75 bits per heavy atom. The van der Waals surface area contributed by atoms with Gasteiger partial charge in [-0.15, -0.1) is 0 Å². The number of alkyl halides is 1. The molecule has 0 saturated carbocycles. The molecular weight excluding hydrogens is 115 g/mol. The van der Waals surface area contributed by atoms with E-state index in [1.165, 1.54) is 0 Å². The zero-order chi connectivity index (χ0) is 6.20. The van der Waals surface area contributed by atoms with Gasteiger partial charge in [-0.2, -0.15) is 0 Å². The summed E-state index contributed by atoms with van der Waals surface area (Å²) in [5.41, 5.74) is -2.08. The minimum absolute atomic E-state index is 0.303. The SMILES string of the molecule is O=C(O)C1(F)COC1. The first-order chi connectivity index (χ1) is 3.65. The Bertz CT molecular complexity index is 118. The van der Waals surface area contributed by atoms with Crippen LogP contribution in [0, 0.1) is 0 Å². The Kier molecular flexibility index (Phi) is 0.973. The van der Waals surface area contributed by atoms with Crippen molar-refractivity contribution in [2.24, 2.45) is 0 Å². The van der Waals surface area contributed by atoms with Crippen LogP contribution in [0.25, 0.3) is 0 Å². The summed E-state index contributed by atoms with van der Waals surface area (Å²) < 4.78 is 16.6. The fourth-order valence-corrected chi connectivity index (χ4v) is 0.405. The number of rotatable bonds is 1. The summed E-state index contributed by atoms with van der Waals surface area (Å²) in [4.78, 5) is 9.85. The lowest BCUT2D eigenvalue weighted by molar-refractivity contribution is -0.184. The molecule has 0 radical (unpaired) electrons. The van der Waals surface area contributed by atoms with Gasteiger partial charge in [0.25, 0.3) is 5.67 Å². The van der Waals surface area contributed by atoms with E-state index in [0.29, 0.717) is 0 Å². The molecule has 0 bridgehead atoms. The Hall–Kier alpha value is -0.640. The lowest BCUT2D eigenvalue weighted by Gasteiger charge is -2.28. The topological polar surface area (TPSA) is 46.5 Å². The fourth-order valence-electron chi connectivity index (χ4n) is 0.405. The van der Waals surface area contributed by atoms with Crippen LogP contribution in [-0.4, -0.2) is 30.0 Å². The number of ether oxygens (including phenoxy) is 1. The van der Waals surface area contributed by atoms with Gasteiger partial charge in [0.15, 0.2) is 0 Å². The first-order valence-corrected chi connectivity index (χ1v) is 2.15. The third-order valence-corrected chi connectivity index (χ3v) is 1.04. The summed E-state index contributed by atoms with van der Waals surface area (Å²) in [6.07, 6.45) is 0. The average Bonchev–Trinajstić information content (AvgIpc) is 1.60. The molecule has 1 rings (SSSR count). The van der Waals surface area contributed by atoms with Gasteiger partial charge in [-0.3, -0.25) is 0 Å². The third-order valence-electron chi connectivity index (χ3n) is 1.04. The fraction of sp³-hybridized carbons (Fsp3) is 0.750. The van der Waals surface area contributed by atoms with E-state index in [1.54, 1.807) is 0 Å². The molecular formula is C4H5FO3. The van der Waals surface area contributed by atoms with Crippen LogP contribution in [-0.2, 0) is 9.53 Å². The highest BCUT2D eigenvalue weighted by Crippen LogP contribution is 2.21. The largest absolute Gasteiger partial charge is 0.479 e. The smallest absolute Gasteiger partial charge is 0.346 e. The van der Waals surface area contributed by atoms with E-state index >= 15 is 0 Å². The van der Waals surface area contributed by atoms with Crippen molar-refractivity contribution in [1.82, 2.24) is 0 Å². The summed E-state index contributed by atoms with van der Waals surface area (Å²) in [6, 6.07) is 0. The van der Waals surface area contributed by atoms with Crippen molar-refractivity contribution in [1.29, 1.82) is 0 Å². The second kappa shape index (κ2) is 1.42. The van der Waals surface area contributed by atoms with Gasteiger partial charge in [-0.1, -0.05) is 0 Å². The van der Waals surface area contributed by atoms with Crippen molar-refractivity contribution in [2.45, 2.75) is 5.67 Å². The molecule has 1 heterocycles. The molecule has 1 fully saturated rings. The van der Waals surface area contributed by atoms with Gasteiger partial charge in [0, 0.05) is 0 Å². The van der Waals surface area contributed by atoms with Crippen molar-refractivity contribution < 1.29 is 19.0 Å². The van der Waals surface area contributed by atoms with E-state index in [4.69, 9.17) is 5.11 Å². The lowest BCUT2D eigenvalue weighted by Crippen LogP contribution is -2.52. The van der Waals surface area contributed by atoms with Gasteiger partial charge in [0.1, 0.15) is 0 Å². The molecule has 0 atom stereocenters. The highest BCUT2D eigenvalue weighted by Gasteiger charge is 2.46. The van der Waals surface area contributed by atoms with E-state index in [0.717, 1.165) is 0 Å². The summed E-state index contributed by atoms with van der Waals surface area (Å²) in [7, 11) is 0. The number of halogens is 1. The highest BCUT2D eigenvalue weighted by atomic mass is 19.1. The predicted molar refractivity (Wildman–Crippen MR) is 22.3 cm³/mol. The number of hydrogen-bond acceptors (Lipinski definition) is 2. The van der Waals surface area contributed by atoms with Gasteiger partial charge in [-0.05, 0) is 0 Å². The zero-order valence-corrected chi connectivity index (χ0v) is 4.06. The zero-order valence-electron chi connectivity index (χ0n) is 4.06. The molecule has 8 heavy (non-hydrogen) atoms. The molecule has 1 aliphatic heterocycles. The molecule has 0 aromatic rings. The van der Waals surface area contributed by atoms with Crippen molar-refractivity contribution >= 4 is 5.97 Å². The van der Waals surface area contributed by atoms with Crippen LogP contribution in [0.3, 0.4) is 0 Å². The molecule has 1 aliphatic rings. The Morgan fingerprint density at radius 3 is 2.25 bits per heavy atom. The lowest BCUT2D eigenvalue weighted by atomic mass is 10.1. The van der Waals surface area contributed by atoms with Crippen LogP contribution in [0.5, 0.6) is 0 Å². The maximum atomic E-state index is 12.3. The van der Waals surface area contributed by atoms with Gasteiger partial charge in [0.05, 0.1) is 13.2 Å². The standard InChI is InChI=1S/C4H5FO3/c5-4(3(6)7)1-8-2-4/h1-2H2,(H,6,7). The molecule has 0 amide bonds. The molecule has 0 aliphatic carbocycles. The van der Waals surface area contributed by atoms with Gasteiger partial charge >= 0.3 is 5.97 Å². The number of carbonyl (C=O) groups is 1. The van der Waals surface area contributed by atoms with Crippen LogP contribution in [0.4, 0.5) is 4.39 Å². The molecule has 4 heteroatoms. The van der Waals surface area contributed by atoms with Crippen LogP contribution >= 0.6 is 0 Å². The highest BCUT2D eigenvalue weighted by molar-refractivity contribution is 5.78. The third kappa shape index (κ3) is 0.571. The van der Waals surface area contributed by atoms with Crippen LogP contribution in [0.1, 0.15) is 0 Å². The predicted octanol–water partition coefficient (Wildman–Crippen LogP) is -0.191. The minimum atomic E-state index is -2.08. The number of carboxylic acids is 1. The van der Waals surface area contributed by atoms with E-state index in [1.807, 2.05) is 0 Å². The van der Waals surface area contributed by atoms with E-state index in [2.05, 4.69) is 4.74 Å². The Balaban J connectivity index is 2.53. The second-order valence-electron chi connectivity index (χ2n) is 1.76. The molecule has 0 aromatic carbocycles. The molecule has 3 nitrogen and oxygen atoms in total. The summed E-state index contributed by atoms with van der Waals surface area (Å²) in [5, 5.41) is 8.04. The van der Waals surface area contributed by atoms with Crippen molar-refractivity contribution in [2.75, 3.05) is 13.2 Å². The van der Waals surface area contributed by atoms with Crippen molar-refractivity contribution in [3.8, 4) is 0 Å². The van der Waals surface area contributed by atoms with Gasteiger partial charge in [-0.25, -0.2) is 9.18 Å². The van der Waals surface area contributed by atoms with Crippen LogP contribution < -0.4 is 0 Å². The quantitative estimate of drug-likeness (QED) is 0.521. The summed E-state index contributed by atoms with van der Waals surface area (Å²) in [6.45, 7) is -0.606. The Labute approximate surface area is 45.1 Å². The summed E-state index contributed by atoms with van der Waals surface area (Å²) >= 11 is 0. The van der Waals surface area contributed by atoms with Crippen molar-refractivity contribution in [3.05, 3.63) is 0 Å². The first-order valence-electron chi connectivity index (χ1n) is 2.15. The molecule has 46 valence electrons. The van der Waals surface area contributed by atoms with E-state index in [-0.39, 0.29) is 13.2 Å².